The van der Waals surface area contributed by atoms with E-state index in [4.69, 9.17) is 4.74 Å². The molecule has 0 spiro atoms. The van der Waals surface area contributed by atoms with Crippen molar-refractivity contribution in [3.8, 4) is 0 Å². The Morgan fingerprint density at radius 2 is 1.95 bits per heavy atom. The first kappa shape index (κ1) is 16.6. The quantitative estimate of drug-likeness (QED) is 0.779. The second-order valence-corrected chi connectivity index (χ2v) is 5.87. The van der Waals surface area contributed by atoms with Gasteiger partial charge in [-0.15, -0.1) is 12.4 Å². The van der Waals surface area contributed by atoms with Gasteiger partial charge in [-0.05, 0) is 31.0 Å². The molecule has 1 fully saturated rings. The number of alkyl halides is 3. The highest BCUT2D eigenvalue weighted by atomic mass is 35.5. The minimum absolute atomic E-state index is 0. The lowest BCUT2D eigenvalue weighted by atomic mass is 9.87. The average Bonchev–Trinajstić information content (AvgIpc) is 2.81. The van der Waals surface area contributed by atoms with Crippen LogP contribution in [0.15, 0.2) is 18.2 Å². The molecule has 3 rings (SSSR count). The topological polar surface area (TPSA) is 12.5 Å². The molecule has 1 saturated heterocycles. The predicted octanol–water partition coefficient (Wildman–Crippen LogP) is 3.83. The van der Waals surface area contributed by atoms with Crippen molar-refractivity contribution < 1.29 is 17.9 Å². The zero-order chi connectivity index (χ0) is 14.5. The molecule has 0 aliphatic carbocycles. The maximum atomic E-state index is 13.1. The highest BCUT2D eigenvalue weighted by Gasteiger charge is 2.43. The third kappa shape index (κ3) is 2.91. The standard InChI is InChI=1S/C15H18F3NO.ClH/c1-9(2)19-6-11-10-4-3-5-13(15(16,17)18)12(10)8-20-14(11)7-19;/h3-5,9,11,14H,6-8H2,1-2H3;1H/t11-,14-;/m1./s1. The van der Waals surface area contributed by atoms with Gasteiger partial charge in [-0.3, -0.25) is 4.90 Å². The number of hydrogen-bond acceptors (Lipinski definition) is 2. The zero-order valence-electron chi connectivity index (χ0n) is 12.0. The lowest BCUT2D eigenvalue weighted by Gasteiger charge is -2.29. The number of fused-ring (bicyclic) bond motifs is 3. The van der Waals surface area contributed by atoms with Crippen molar-refractivity contribution in [1.29, 1.82) is 0 Å². The smallest absolute Gasteiger partial charge is 0.371 e. The van der Waals surface area contributed by atoms with Crippen LogP contribution in [-0.2, 0) is 17.5 Å². The van der Waals surface area contributed by atoms with E-state index in [0.717, 1.165) is 24.7 Å². The van der Waals surface area contributed by atoms with Crippen LogP contribution in [0.25, 0.3) is 0 Å². The first-order valence-electron chi connectivity index (χ1n) is 6.92. The molecule has 1 aromatic rings. The van der Waals surface area contributed by atoms with Crippen LogP contribution >= 0.6 is 12.4 Å². The molecule has 0 bridgehead atoms. The second kappa shape index (κ2) is 5.78. The van der Waals surface area contributed by atoms with Crippen LogP contribution in [0, 0.1) is 0 Å². The van der Waals surface area contributed by atoms with E-state index in [-0.39, 0.29) is 31.0 Å². The molecule has 2 atom stereocenters. The fraction of sp³-hybridized carbons (Fsp3) is 0.600. The number of hydrogen-bond donors (Lipinski definition) is 0. The Bertz CT molecular complexity index is 518. The van der Waals surface area contributed by atoms with Crippen molar-refractivity contribution in [2.75, 3.05) is 13.1 Å². The molecular weight excluding hydrogens is 303 g/mol. The molecule has 0 radical (unpaired) electrons. The maximum absolute atomic E-state index is 13.1. The Balaban J connectivity index is 0.00000161. The van der Waals surface area contributed by atoms with Gasteiger partial charge in [0.15, 0.2) is 0 Å². The fourth-order valence-corrected chi connectivity index (χ4v) is 3.26. The summed E-state index contributed by atoms with van der Waals surface area (Å²) in [6.07, 6.45) is -4.29. The van der Waals surface area contributed by atoms with Crippen LogP contribution in [0.3, 0.4) is 0 Å². The Hall–Kier alpha value is -0.780. The van der Waals surface area contributed by atoms with Gasteiger partial charge in [0.1, 0.15) is 0 Å². The van der Waals surface area contributed by atoms with Crippen molar-refractivity contribution in [2.45, 2.75) is 44.7 Å². The van der Waals surface area contributed by atoms with Crippen molar-refractivity contribution in [2.24, 2.45) is 0 Å². The van der Waals surface area contributed by atoms with Crippen molar-refractivity contribution in [1.82, 2.24) is 4.90 Å². The van der Waals surface area contributed by atoms with Crippen molar-refractivity contribution in [3.05, 3.63) is 34.9 Å². The summed E-state index contributed by atoms with van der Waals surface area (Å²) >= 11 is 0. The highest BCUT2D eigenvalue weighted by molar-refractivity contribution is 5.85. The largest absolute Gasteiger partial charge is 0.416 e. The molecule has 0 unspecified atom stereocenters. The van der Waals surface area contributed by atoms with Gasteiger partial charge in [-0.1, -0.05) is 12.1 Å². The first-order chi connectivity index (χ1) is 9.38. The molecule has 21 heavy (non-hydrogen) atoms. The molecule has 0 aromatic heterocycles. The van der Waals surface area contributed by atoms with E-state index in [1.165, 1.54) is 6.07 Å². The number of benzene rings is 1. The van der Waals surface area contributed by atoms with Gasteiger partial charge in [0.25, 0.3) is 0 Å². The SMILES string of the molecule is CC(C)N1C[C@@H]2c3cccc(C(F)(F)F)c3CO[C@@H]2C1.Cl. The monoisotopic (exact) mass is 321 g/mol. The van der Waals surface area contributed by atoms with E-state index in [2.05, 4.69) is 18.7 Å². The van der Waals surface area contributed by atoms with Crippen LogP contribution in [0.5, 0.6) is 0 Å². The number of rotatable bonds is 1. The molecule has 2 aliphatic heterocycles. The van der Waals surface area contributed by atoms with Crippen LogP contribution in [0.1, 0.15) is 36.5 Å². The van der Waals surface area contributed by atoms with Crippen LogP contribution in [0.2, 0.25) is 0 Å². The molecule has 0 saturated carbocycles. The summed E-state index contributed by atoms with van der Waals surface area (Å²) in [5.74, 6) is 0.0587. The Morgan fingerprint density at radius 1 is 1.24 bits per heavy atom. The summed E-state index contributed by atoms with van der Waals surface area (Å²) < 4.78 is 44.9. The van der Waals surface area contributed by atoms with E-state index < -0.39 is 11.7 Å². The average molecular weight is 322 g/mol. The molecule has 1 aromatic carbocycles. The van der Waals surface area contributed by atoms with Crippen LogP contribution in [0.4, 0.5) is 13.2 Å². The summed E-state index contributed by atoms with van der Waals surface area (Å²) in [5.41, 5.74) is 0.600. The summed E-state index contributed by atoms with van der Waals surface area (Å²) in [7, 11) is 0. The van der Waals surface area contributed by atoms with Crippen LogP contribution < -0.4 is 0 Å². The molecule has 6 heteroatoms. The normalized spacial score (nSPS) is 25.4. The lowest BCUT2D eigenvalue weighted by Crippen LogP contribution is -2.30. The minimum Gasteiger partial charge on any atom is -0.371 e. The van der Waals surface area contributed by atoms with E-state index in [1.807, 2.05) is 6.07 Å². The van der Waals surface area contributed by atoms with Gasteiger partial charge in [-0.2, -0.15) is 13.2 Å². The van der Waals surface area contributed by atoms with E-state index in [9.17, 15) is 13.2 Å². The van der Waals surface area contributed by atoms with Crippen molar-refractivity contribution >= 4 is 12.4 Å². The van der Waals surface area contributed by atoms with Crippen LogP contribution in [-0.4, -0.2) is 30.1 Å². The summed E-state index contributed by atoms with van der Waals surface area (Å²) in [5, 5.41) is 0. The Kier molecular flexibility index (Phi) is 4.57. The molecule has 2 nitrogen and oxygen atoms in total. The molecule has 2 heterocycles. The second-order valence-electron chi connectivity index (χ2n) is 5.87. The molecule has 118 valence electrons. The third-order valence-electron chi connectivity index (χ3n) is 4.38. The van der Waals surface area contributed by atoms with Gasteiger partial charge in [0.05, 0.1) is 18.3 Å². The summed E-state index contributed by atoms with van der Waals surface area (Å²) in [6.45, 7) is 5.85. The third-order valence-corrected chi connectivity index (χ3v) is 4.38. The molecular formula is C15H19ClF3NO. The highest BCUT2D eigenvalue weighted by Crippen LogP contribution is 2.42. The van der Waals surface area contributed by atoms with Gasteiger partial charge >= 0.3 is 6.18 Å². The Labute approximate surface area is 128 Å². The van der Waals surface area contributed by atoms with Gasteiger partial charge in [0, 0.05) is 25.0 Å². The predicted molar refractivity (Wildman–Crippen MR) is 76.7 cm³/mol. The van der Waals surface area contributed by atoms with Gasteiger partial charge in [-0.25, -0.2) is 0 Å². The zero-order valence-corrected chi connectivity index (χ0v) is 12.8. The summed E-state index contributed by atoms with van der Waals surface area (Å²) in [4.78, 5) is 2.27. The first-order valence-corrected chi connectivity index (χ1v) is 6.92. The van der Waals surface area contributed by atoms with Gasteiger partial charge < -0.3 is 4.74 Å². The maximum Gasteiger partial charge on any atom is 0.416 e. The number of likely N-dealkylation sites (tertiary alicyclic amines) is 1. The fourth-order valence-electron chi connectivity index (χ4n) is 3.26. The molecule has 2 aliphatic rings. The minimum atomic E-state index is -4.31. The number of ether oxygens (including phenoxy) is 1. The number of halogens is 4. The summed E-state index contributed by atoms with van der Waals surface area (Å²) in [6, 6.07) is 4.88. The molecule has 0 amide bonds. The Morgan fingerprint density at radius 3 is 2.57 bits per heavy atom. The number of nitrogens with zero attached hydrogens (tertiary/aromatic N) is 1. The lowest BCUT2D eigenvalue weighted by molar-refractivity contribution is -0.139. The van der Waals surface area contributed by atoms with E-state index in [0.29, 0.717) is 11.6 Å². The van der Waals surface area contributed by atoms with Gasteiger partial charge in [0.2, 0.25) is 0 Å². The van der Waals surface area contributed by atoms with E-state index >= 15 is 0 Å². The van der Waals surface area contributed by atoms with E-state index in [1.54, 1.807) is 0 Å². The molecule has 0 N–H and O–H groups in total. The van der Waals surface area contributed by atoms with Crippen molar-refractivity contribution in [3.63, 3.8) is 0 Å².